The zero-order chi connectivity index (χ0) is 19.4. The van der Waals surface area contributed by atoms with Crippen LogP contribution >= 0.6 is 11.8 Å². The Bertz CT molecular complexity index is 948. The number of nitrogens with one attached hydrogen (secondary N) is 1. The summed E-state index contributed by atoms with van der Waals surface area (Å²) in [6.45, 7) is 1.84. The fourth-order valence-electron chi connectivity index (χ4n) is 2.42. The lowest BCUT2D eigenvalue weighted by Crippen LogP contribution is -2.25. The Labute approximate surface area is 159 Å². The third-order valence-corrected chi connectivity index (χ3v) is 5.25. The predicted molar refractivity (Wildman–Crippen MR) is 99.2 cm³/mol. The van der Waals surface area contributed by atoms with Gasteiger partial charge >= 0.3 is 0 Å². The number of thioether (sulfide) groups is 1. The van der Waals surface area contributed by atoms with E-state index in [0.717, 1.165) is 17.7 Å². The molecule has 1 N–H and O–H groups in total. The molecule has 27 heavy (non-hydrogen) atoms. The maximum absolute atomic E-state index is 13.8. The quantitative estimate of drug-likeness (QED) is 0.652. The van der Waals surface area contributed by atoms with Crippen LogP contribution in [-0.2, 0) is 11.8 Å². The topological polar surface area (TPSA) is 72.7 Å². The molecule has 1 amide bonds. The van der Waals surface area contributed by atoms with Gasteiger partial charge in [-0.2, -0.15) is 0 Å². The highest BCUT2D eigenvalue weighted by Gasteiger charge is 2.23. The first-order valence-corrected chi connectivity index (χ1v) is 9.10. The van der Waals surface area contributed by atoms with Gasteiger partial charge in [-0.05, 0) is 30.7 Å². The van der Waals surface area contributed by atoms with Crippen molar-refractivity contribution >= 4 is 23.4 Å². The van der Waals surface area contributed by atoms with E-state index in [9.17, 15) is 13.6 Å². The van der Waals surface area contributed by atoms with E-state index in [1.165, 1.54) is 17.8 Å². The summed E-state index contributed by atoms with van der Waals surface area (Å²) in [6.07, 6.45) is 3.84. The van der Waals surface area contributed by atoms with Crippen LogP contribution in [0.2, 0.25) is 0 Å². The summed E-state index contributed by atoms with van der Waals surface area (Å²) in [5.41, 5.74) is 0.750. The number of rotatable bonds is 6. The largest absolute Gasteiger partial charge is 0.323 e. The fraction of sp³-hybridized carbons (Fsp3) is 0.222. The first kappa shape index (κ1) is 19.0. The Hall–Kier alpha value is -2.81. The summed E-state index contributed by atoms with van der Waals surface area (Å²) in [5, 5.41) is 10.8. The molecule has 2 heterocycles. The molecule has 0 radical (unpaired) electrons. The maximum Gasteiger partial charge on any atom is 0.238 e. The second-order valence-corrected chi connectivity index (χ2v) is 6.90. The Morgan fingerprint density at radius 2 is 2.11 bits per heavy atom. The number of benzene rings is 1. The number of pyridine rings is 1. The van der Waals surface area contributed by atoms with Gasteiger partial charge in [0.1, 0.15) is 11.6 Å². The molecule has 1 unspecified atom stereocenters. The molecule has 9 heteroatoms. The van der Waals surface area contributed by atoms with Crippen molar-refractivity contribution in [1.29, 1.82) is 0 Å². The van der Waals surface area contributed by atoms with E-state index in [-0.39, 0.29) is 11.6 Å². The lowest BCUT2D eigenvalue weighted by atomic mass is 10.2. The molecule has 140 valence electrons. The van der Waals surface area contributed by atoms with Crippen molar-refractivity contribution in [2.75, 3.05) is 5.32 Å². The summed E-state index contributed by atoms with van der Waals surface area (Å²) in [4.78, 5) is 16.6. The molecule has 0 saturated heterocycles. The van der Waals surface area contributed by atoms with Gasteiger partial charge in [0.2, 0.25) is 5.91 Å². The van der Waals surface area contributed by atoms with Crippen LogP contribution in [-0.4, -0.2) is 30.9 Å². The van der Waals surface area contributed by atoms with E-state index < -0.39 is 16.9 Å². The van der Waals surface area contributed by atoms with Gasteiger partial charge in [0.15, 0.2) is 11.0 Å². The van der Waals surface area contributed by atoms with Crippen molar-refractivity contribution < 1.29 is 13.6 Å². The van der Waals surface area contributed by atoms with E-state index in [2.05, 4.69) is 20.5 Å². The maximum atomic E-state index is 13.8. The van der Waals surface area contributed by atoms with Crippen LogP contribution in [0.15, 0.2) is 47.9 Å². The number of amides is 1. The van der Waals surface area contributed by atoms with Crippen molar-refractivity contribution in [2.45, 2.75) is 23.8 Å². The Morgan fingerprint density at radius 3 is 2.78 bits per heavy atom. The highest BCUT2D eigenvalue weighted by atomic mass is 32.2. The Balaban J connectivity index is 1.75. The van der Waals surface area contributed by atoms with Crippen LogP contribution in [0.4, 0.5) is 14.5 Å². The van der Waals surface area contributed by atoms with Crippen molar-refractivity contribution in [3.8, 4) is 11.4 Å². The minimum atomic E-state index is -0.819. The van der Waals surface area contributed by atoms with E-state index in [1.54, 1.807) is 30.1 Å². The molecular formula is C18H17F2N5OS. The fourth-order valence-corrected chi connectivity index (χ4v) is 3.34. The lowest BCUT2D eigenvalue weighted by Gasteiger charge is -2.14. The van der Waals surface area contributed by atoms with Gasteiger partial charge in [0, 0.05) is 31.1 Å². The summed E-state index contributed by atoms with van der Waals surface area (Å²) in [6, 6.07) is 6.69. The molecule has 0 aliphatic carbocycles. The molecule has 0 saturated carbocycles. The van der Waals surface area contributed by atoms with Crippen LogP contribution < -0.4 is 5.32 Å². The number of aromatic nitrogens is 4. The molecule has 0 spiro atoms. The average Bonchev–Trinajstić information content (AvgIpc) is 3.03. The predicted octanol–water partition coefficient (Wildman–Crippen LogP) is 3.66. The van der Waals surface area contributed by atoms with Crippen LogP contribution in [0, 0.1) is 11.6 Å². The number of carbonyl (C=O) groups excluding carboxylic acids is 1. The minimum absolute atomic E-state index is 0.0607. The SMILES string of the molecule is CCC(Sc1nnc(-c2cccnc2)n1C)C(=O)Nc1ccc(F)cc1F. The molecule has 0 fully saturated rings. The van der Waals surface area contributed by atoms with Crippen LogP contribution in [0.25, 0.3) is 11.4 Å². The summed E-state index contributed by atoms with van der Waals surface area (Å²) < 4.78 is 28.5. The molecule has 6 nitrogen and oxygen atoms in total. The first-order chi connectivity index (χ1) is 13.0. The van der Waals surface area contributed by atoms with Gasteiger partial charge in [-0.1, -0.05) is 18.7 Å². The molecule has 3 aromatic rings. The average molecular weight is 389 g/mol. The normalized spacial score (nSPS) is 12.0. The molecule has 0 aliphatic heterocycles. The molecule has 1 atom stereocenters. The number of carbonyl (C=O) groups is 1. The standard InChI is InChI=1S/C18H17F2N5OS/c1-3-15(17(26)22-14-7-6-12(19)9-13(14)20)27-18-24-23-16(25(18)2)11-5-4-8-21-10-11/h4-10,15H,3H2,1-2H3,(H,22,26). The Morgan fingerprint density at radius 1 is 1.30 bits per heavy atom. The second-order valence-electron chi connectivity index (χ2n) is 5.74. The monoisotopic (exact) mass is 389 g/mol. The van der Waals surface area contributed by atoms with Crippen molar-refractivity contribution in [3.63, 3.8) is 0 Å². The zero-order valence-electron chi connectivity index (χ0n) is 14.7. The zero-order valence-corrected chi connectivity index (χ0v) is 15.5. The molecule has 1 aromatic carbocycles. The van der Waals surface area contributed by atoms with Gasteiger partial charge in [-0.15, -0.1) is 10.2 Å². The molecule has 0 bridgehead atoms. The third-order valence-electron chi connectivity index (χ3n) is 3.85. The summed E-state index contributed by atoms with van der Waals surface area (Å²) >= 11 is 1.23. The van der Waals surface area contributed by atoms with E-state index in [0.29, 0.717) is 17.4 Å². The number of halogens is 2. The van der Waals surface area contributed by atoms with Crippen LogP contribution in [0.5, 0.6) is 0 Å². The van der Waals surface area contributed by atoms with E-state index in [1.807, 2.05) is 13.0 Å². The first-order valence-electron chi connectivity index (χ1n) is 8.22. The number of nitrogens with zero attached hydrogens (tertiary/aromatic N) is 4. The van der Waals surface area contributed by atoms with Crippen LogP contribution in [0.1, 0.15) is 13.3 Å². The van der Waals surface area contributed by atoms with Gasteiger partial charge in [-0.3, -0.25) is 9.78 Å². The number of hydrogen-bond acceptors (Lipinski definition) is 5. The Kier molecular flexibility index (Phi) is 5.80. The van der Waals surface area contributed by atoms with E-state index in [4.69, 9.17) is 0 Å². The molecular weight excluding hydrogens is 372 g/mol. The van der Waals surface area contributed by atoms with Gasteiger partial charge < -0.3 is 9.88 Å². The second kappa shape index (κ2) is 8.26. The highest BCUT2D eigenvalue weighted by molar-refractivity contribution is 8.00. The van der Waals surface area contributed by atoms with Gasteiger partial charge in [0.25, 0.3) is 0 Å². The van der Waals surface area contributed by atoms with Crippen LogP contribution in [0.3, 0.4) is 0 Å². The number of hydrogen-bond donors (Lipinski definition) is 1. The van der Waals surface area contributed by atoms with E-state index >= 15 is 0 Å². The van der Waals surface area contributed by atoms with Crippen molar-refractivity contribution in [1.82, 2.24) is 19.7 Å². The molecule has 3 rings (SSSR count). The van der Waals surface area contributed by atoms with Crippen molar-refractivity contribution in [3.05, 3.63) is 54.4 Å². The lowest BCUT2D eigenvalue weighted by molar-refractivity contribution is -0.115. The summed E-state index contributed by atoms with van der Waals surface area (Å²) in [5.74, 6) is -1.28. The third kappa shape index (κ3) is 4.30. The smallest absolute Gasteiger partial charge is 0.238 e. The van der Waals surface area contributed by atoms with Gasteiger partial charge in [0.05, 0.1) is 10.9 Å². The van der Waals surface area contributed by atoms with Gasteiger partial charge in [-0.25, -0.2) is 8.78 Å². The van der Waals surface area contributed by atoms with Crippen molar-refractivity contribution in [2.24, 2.45) is 7.05 Å². The highest BCUT2D eigenvalue weighted by Crippen LogP contribution is 2.28. The minimum Gasteiger partial charge on any atom is -0.323 e. The molecule has 0 aliphatic rings. The number of anilines is 1. The molecule has 2 aromatic heterocycles. The summed E-state index contributed by atoms with van der Waals surface area (Å²) in [7, 11) is 1.80.